The van der Waals surface area contributed by atoms with Gasteiger partial charge >= 0.3 is 5.97 Å². The van der Waals surface area contributed by atoms with Crippen molar-refractivity contribution >= 4 is 18.0 Å². The molecule has 2 aromatic rings. The van der Waals surface area contributed by atoms with Crippen molar-refractivity contribution in [3.05, 3.63) is 66.1 Å². The number of methoxy groups -OCH3 is 1. The molecule has 1 unspecified atom stereocenters. The Morgan fingerprint density at radius 3 is 2.64 bits per heavy atom. The number of esters is 1. The van der Waals surface area contributed by atoms with Crippen LogP contribution in [0.25, 0.3) is 6.08 Å². The van der Waals surface area contributed by atoms with Crippen molar-refractivity contribution < 1.29 is 18.7 Å². The van der Waals surface area contributed by atoms with Gasteiger partial charge in [-0.05, 0) is 23.8 Å². The zero-order valence-electron chi connectivity index (χ0n) is 12.2. The number of ether oxygens (including phenoxy) is 1. The SMILES string of the molecule is COC(=O)CC(NC(=O)C=Cc1ccco1)c1ccccc1. The fraction of sp³-hybridized carbons (Fsp3) is 0.176. The van der Waals surface area contributed by atoms with E-state index in [0.717, 1.165) is 5.56 Å². The topological polar surface area (TPSA) is 68.5 Å². The summed E-state index contributed by atoms with van der Waals surface area (Å²) < 4.78 is 9.79. The molecule has 0 fully saturated rings. The number of furan rings is 1. The highest BCUT2D eigenvalue weighted by Crippen LogP contribution is 2.17. The average Bonchev–Trinajstić information content (AvgIpc) is 3.06. The number of carbonyl (C=O) groups excluding carboxylic acids is 2. The maximum atomic E-state index is 12.0. The number of carbonyl (C=O) groups is 2. The summed E-state index contributed by atoms with van der Waals surface area (Å²) in [7, 11) is 1.32. The van der Waals surface area contributed by atoms with Crippen LogP contribution in [0.15, 0.2) is 59.2 Å². The number of nitrogens with one attached hydrogen (secondary N) is 1. The number of benzene rings is 1. The molecule has 0 radical (unpaired) electrons. The number of amides is 1. The molecule has 0 aliphatic heterocycles. The van der Waals surface area contributed by atoms with Gasteiger partial charge in [0, 0.05) is 6.08 Å². The Kier molecular flexibility index (Phi) is 5.54. The molecule has 1 aromatic heterocycles. The summed E-state index contributed by atoms with van der Waals surface area (Å²) in [6.45, 7) is 0. The van der Waals surface area contributed by atoms with Crippen molar-refractivity contribution in [3.63, 3.8) is 0 Å². The largest absolute Gasteiger partial charge is 0.469 e. The third kappa shape index (κ3) is 4.63. The highest BCUT2D eigenvalue weighted by Gasteiger charge is 2.17. The Labute approximate surface area is 128 Å². The van der Waals surface area contributed by atoms with Crippen LogP contribution in [0.1, 0.15) is 23.8 Å². The first-order valence-corrected chi connectivity index (χ1v) is 6.83. The Morgan fingerprint density at radius 1 is 1.23 bits per heavy atom. The summed E-state index contributed by atoms with van der Waals surface area (Å²) in [5.41, 5.74) is 0.840. The second-order valence-corrected chi connectivity index (χ2v) is 4.60. The van der Waals surface area contributed by atoms with Crippen LogP contribution in [0.2, 0.25) is 0 Å². The van der Waals surface area contributed by atoms with Crippen molar-refractivity contribution in [2.24, 2.45) is 0 Å². The summed E-state index contributed by atoms with van der Waals surface area (Å²) in [5, 5.41) is 2.79. The lowest BCUT2D eigenvalue weighted by atomic mass is 10.0. The van der Waals surface area contributed by atoms with E-state index in [0.29, 0.717) is 5.76 Å². The van der Waals surface area contributed by atoms with E-state index in [1.54, 1.807) is 18.2 Å². The highest BCUT2D eigenvalue weighted by atomic mass is 16.5. The van der Waals surface area contributed by atoms with Crippen LogP contribution in [0.3, 0.4) is 0 Å². The summed E-state index contributed by atoms with van der Waals surface area (Å²) >= 11 is 0. The van der Waals surface area contributed by atoms with Crippen molar-refractivity contribution in [2.45, 2.75) is 12.5 Å². The zero-order valence-corrected chi connectivity index (χ0v) is 12.2. The molecule has 5 heteroatoms. The Morgan fingerprint density at radius 2 is 2.00 bits per heavy atom. The smallest absolute Gasteiger partial charge is 0.307 e. The highest BCUT2D eigenvalue weighted by molar-refractivity contribution is 5.92. The first kappa shape index (κ1) is 15.6. The third-order valence-electron chi connectivity index (χ3n) is 3.06. The first-order chi connectivity index (χ1) is 10.7. The van der Waals surface area contributed by atoms with Crippen LogP contribution in [0.4, 0.5) is 0 Å². The van der Waals surface area contributed by atoms with Crippen LogP contribution in [0.5, 0.6) is 0 Å². The summed E-state index contributed by atoms with van der Waals surface area (Å²) in [4.78, 5) is 23.5. The number of hydrogen-bond acceptors (Lipinski definition) is 4. The van der Waals surface area contributed by atoms with Gasteiger partial charge in [0.25, 0.3) is 0 Å². The minimum absolute atomic E-state index is 0.0703. The van der Waals surface area contributed by atoms with Gasteiger partial charge in [0.15, 0.2) is 0 Å². The standard InChI is InChI=1S/C17H17NO4/c1-21-17(20)12-15(13-6-3-2-4-7-13)18-16(19)10-9-14-8-5-11-22-14/h2-11,15H,12H2,1H3,(H,18,19). The van der Waals surface area contributed by atoms with E-state index < -0.39 is 6.04 Å². The van der Waals surface area contributed by atoms with Gasteiger partial charge in [-0.1, -0.05) is 30.3 Å². The number of hydrogen-bond donors (Lipinski definition) is 1. The van der Waals surface area contributed by atoms with Crippen LogP contribution in [0, 0.1) is 0 Å². The molecule has 0 saturated heterocycles. The maximum Gasteiger partial charge on any atom is 0.307 e. The zero-order chi connectivity index (χ0) is 15.8. The lowest BCUT2D eigenvalue weighted by molar-refractivity contribution is -0.141. The molecule has 2 rings (SSSR count). The monoisotopic (exact) mass is 299 g/mol. The van der Waals surface area contributed by atoms with Crippen molar-refractivity contribution in [1.82, 2.24) is 5.32 Å². The molecule has 1 aromatic carbocycles. The second kappa shape index (κ2) is 7.83. The van der Waals surface area contributed by atoms with Crippen molar-refractivity contribution in [3.8, 4) is 0 Å². The van der Waals surface area contributed by atoms with E-state index in [2.05, 4.69) is 10.1 Å². The Hall–Kier alpha value is -2.82. The van der Waals surface area contributed by atoms with Crippen LogP contribution >= 0.6 is 0 Å². The molecular weight excluding hydrogens is 282 g/mol. The molecule has 22 heavy (non-hydrogen) atoms. The summed E-state index contributed by atoms with van der Waals surface area (Å²) in [5.74, 6) is -0.113. The molecule has 1 N–H and O–H groups in total. The predicted octanol–water partition coefficient (Wildman–Crippen LogP) is 2.71. The second-order valence-electron chi connectivity index (χ2n) is 4.60. The van der Waals surface area contributed by atoms with E-state index in [1.165, 1.54) is 19.4 Å². The van der Waals surface area contributed by atoms with E-state index in [9.17, 15) is 9.59 Å². The lowest BCUT2D eigenvalue weighted by Gasteiger charge is -2.17. The summed E-state index contributed by atoms with van der Waals surface area (Å²) in [6.07, 6.45) is 4.53. The Balaban J connectivity index is 2.05. The molecular formula is C17H17NO4. The van der Waals surface area contributed by atoms with Gasteiger partial charge in [0.05, 0.1) is 25.8 Å². The fourth-order valence-corrected chi connectivity index (χ4v) is 1.95. The van der Waals surface area contributed by atoms with E-state index >= 15 is 0 Å². The van der Waals surface area contributed by atoms with E-state index in [4.69, 9.17) is 4.42 Å². The molecule has 114 valence electrons. The van der Waals surface area contributed by atoms with Gasteiger partial charge < -0.3 is 14.5 Å². The van der Waals surface area contributed by atoms with Gasteiger partial charge in [0.1, 0.15) is 5.76 Å². The van der Waals surface area contributed by atoms with Gasteiger partial charge in [-0.2, -0.15) is 0 Å². The third-order valence-corrected chi connectivity index (χ3v) is 3.06. The van der Waals surface area contributed by atoms with Gasteiger partial charge in [0.2, 0.25) is 5.91 Å². The molecule has 1 atom stereocenters. The minimum atomic E-state index is -0.442. The van der Waals surface area contributed by atoms with Crippen molar-refractivity contribution in [1.29, 1.82) is 0 Å². The van der Waals surface area contributed by atoms with Gasteiger partial charge in [-0.3, -0.25) is 9.59 Å². The van der Waals surface area contributed by atoms with Crippen molar-refractivity contribution in [2.75, 3.05) is 7.11 Å². The van der Waals surface area contributed by atoms with Crippen LogP contribution < -0.4 is 5.32 Å². The van der Waals surface area contributed by atoms with E-state index in [1.807, 2.05) is 30.3 Å². The number of rotatable bonds is 6. The fourth-order valence-electron chi connectivity index (χ4n) is 1.95. The van der Waals surface area contributed by atoms with Gasteiger partial charge in [-0.15, -0.1) is 0 Å². The minimum Gasteiger partial charge on any atom is -0.469 e. The average molecular weight is 299 g/mol. The molecule has 5 nitrogen and oxygen atoms in total. The molecule has 0 aliphatic rings. The molecule has 0 spiro atoms. The quantitative estimate of drug-likeness (QED) is 0.658. The van der Waals surface area contributed by atoms with Crippen LogP contribution in [-0.4, -0.2) is 19.0 Å². The predicted molar refractivity (Wildman–Crippen MR) is 81.7 cm³/mol. The summed E-state index contributed by atoms with van der Waals surface area (Å²) in [6, 6.07) is 12.3. The lowest BCUT2D eigenvalue weighted by Crippen LogP contribution is -2.29. The Bertz CT molecular complexity index is 632. The molecule has 1 heterocycles. The molecule has 1 amide bonds. The first-order valence-electron chi connectivity index (χ1n) is 6.83. The van der Waals surface area contributed by atoms with Gasteiger partial charge in [-0.25, -0.2) is 0 Å². The molecule has 0 saturated carbocycles. The molecule has 0 bridgehead atoms. The normalized spacial score (nSPS) is 12.0. The molecule has 0 aliphatic carbocycles. The maximum absolute atomic E-state index is 12.0. The van der Waals surface area contributed by atoms with E-state index in [-0.39, 0.29) is 18.3 Å². The van der Waals surface area contributed by atoms with Crippen LogP contribution in [-0.2, 0) is 14.3 Å².